The van der Waals surface area contributed by atoms with Gasteiger partial charge >= 0.3 is 0 Å². The standard InChI is InChI=1S/C26H23ClN2O3S/c1-18-14-20-6-2-4-8-23(20)29(18)26(30)16-28-15-25(22-7-3-5-9-24(22)28)33(31,32)17-19-10-12-21(27)13-11-19/h2-13,15,18H,14,16-17H2,1H3. The third kappa shape index (κ3) is 4.05. The van der Waals surface area contributed by atoms with E-state index in [0.717, 1.165) is 23.2 Å². The van der Waals surface area contributed by atoms with Crippen LogP contribution in [0.4, 0.5) is 5.69 Å². The summed E-state index contributed by atoms with van der Waals surface area (Å²) in [6.07, 6.45) is 2.41. The number of rotatable bonds is 5. The Morgan fingerprint density at radius 3 is 2.48 bits per heavy atom. The number of halogens is 1. The van der Waals surface area contributed by atoms with E-state index in [-0.39, 0.29) is 29.1 Å². The maximum atomic E-state index is 13.4. The molecule has 1 atom stereocenters. The van der Waals surface area contributed by atoms with Gasteiger partial charge in [0.05, 0.1) is 10.6 Å². The van der Waals surface area contributed by atoms with Crippen molar-refractivity contribution in [1.29, 1.82) is 0 Å². The quantitative estimate of drug-likeness (QED) is 0.394. The van der Waals surface area contributed by atoms with Crippen molar-refractivity contribution in [2.45, 2.75) is 36.6 Å². The smallest absolute Gasteiger partial charge is 0.247 e. The van der Waals surface area contributed by atoms with Crippen LogP contribution in [0.5, 0.6) is 0 Å². The zero-order valence-electron chi connectivity index (χ0n) is 18.1. The molecule has 33 heavy (non-hydrogen) atoms. The lowest BCUT2D eigenvalue weighted by molar-refractivity contribution is -0.119. The van der Waals surface area contributed by atoms with Crippen molar-refractivity contribution >= 4 is 43.9 Å². The Hall–Kier alpha value is -3.09. The van der Waals surface area contributed by atoms with Crippen LogP contribution in [-0.2, 0) is 33.4 Å². The summed E-state index contributed by atoms with van der Waals surface area (Å²) in [6.45, 7) is 2.10. The number of aromatic nitrogens is 1. The zero-order chi connectivity index (χ0) is 23.2. The maximum Gasteiger partial charge on any atom is 0.247 e. The van der Waals surface area contributed by atoms with Gasteiger partial charge in [0, 0.05) is 33.9 Å². The Balaban J connectivity index is 1.49. The average Bonchev–Trinajstić information content (AvgIpc) is 3.33. The van der Waals surface area contributed by atoms with Crippen LogP contribution in [-0.4, -0.2) is 24.9 Å². The molecule has 168 valence electrons. The maximum absolute atomic E-state index is 13.4. The van der Waals surface area contributed by atoms with Crippen molar-refractivity contribution in [3.8, 4) is 0 Å². The van der Waals surface area contributed by atoms with E-state index >= 15 is 0 Å². The van der Waals surface area contributed by atoms with E-state index in [9.17, 15) is 13.2 Å². The van der Waals surface area contributed by atoms with Crippen LogP contribution < -0.4 is 4.90 Å². The van der Waals surface area contributed by atoms with Gasteiger partial charge in [0.1, 0.15) is 6.54 Å². The van der Waals surface area contributed by atoms with Gasteiger partial charge in [-0.05, 0) is 48.7 Å². The fourth-order valence-electron chi connectivity index (χ4n) is 4.64. The number of benzene rings is 3. The van der Waals surface area contributed by atoms with Crippen molar-refractivity contribution in [2.24, 2.45) is 0 Å². The molecule has 0 bridgehead atoms. The van der Waals surface area contributed by atoms with Gasteiger partial charge in [-0.15, -0.1) is 0 Å². The highest BCUT2D eigenvalue weighted by atomic mass is 35.5. The molecule has 3 aromatic carbocycles. The van der Waals surface area contributed by atoms with E-state index in [2.05, 4.69) is 0 Å². The summed E-state index contributed by atoms with van der Waals surface area (Å²) in [5, 5.41) is 1.18. The summed E-state index contributed by atoms with van der Waals surface area (Å²) in [4.78, 5) is 15.4. The molecule has 4 aromatic rings. The Morgan fingerprint density at radius 1 is 1.00 bits per heavy atom. The lowest BCUT2D eigenvalue weighted by atomic mass is 10.1. The molecule has 5 rings (SSSR count). The highest BCUT2D eigenvalue weighted by Gasteiger charge is 2.31. The number of hydrogen-bond donors (Lipinski definition) is 0. The second kappa shape index (κ2) is 8.36. The lowest BCUT2D eigenvalue weighted by Crippen LogP contribution is -2.37. The van der Waals surface area contributed by atoms with E-state index in [1.807, 2.05) is 54.3 Å². The number of carbonyl (C=O) groups is 1. The Morgan fingerprint density at radius 2 is 1.70 bits per heavy atom. The van der Waals surface area contributed by atoms with Crippen LogP contribution in [0.25, 0.3) is 10.9 Å². The van der Waals surface area contributed by atoms with Crippen LogP contribution in [0.1, 0.15) is 18.1 Å². The Bertz CT molecular complexity index is 1460. The SMILES string of the molecule is CC1Cc2ccccc2N1C(=O)Cn1cc(S(=O)(=O)Cc2ccc(Cl)cc2)c2ccccc21. The van der Waals surface area contributed by atoms with E-state index in [0.29, 0.717) is 16.0 Å². The number of hydrogen-bond acceptors (Lipinski definition) is 3. The molecule has 0 fully saturated rings. The monoisotopic (exact) mass is 478 g/mol. The third-order valence-electron chi connectivity index (χ3n) is 6.14. The Kier molecular flexibility index (Phi) is 5.51. The van der Waals surface area contributed by atoms with Gasteiger partial charge in [-0.25, -0.2) is 8.42 Å². The topological polar surface area (TPSA) is 59.4 Å². The third-order valence-corrected chi connectivity index (χ3v) is 8.10. The van der Waals surface area contributed by atoms with Gasteiger partial charge in [-0.2, -0.15) is 0 Å². The van der Waals surface area contributed by atoms with Gasteiger partial charge in [0.2, 0.25) is 5.91 Å². The summed E-state index contributed by atoms with van der Waals surface area (Å²) >= 11 is 5.94. The summed E-state index contributed by atoms with van der Waals surface area (Å²) in [5.41, 5.74) is 3.47. The molecule has 7 heteroatoms. The molecule has 1 aliphatic rings. The first-order valence-electron chi connectivity index (χ1n) is 10.8. The summed E-state index contributed by atoms with van der Waals surface area (Å²) < 4.78 is 28.4. The van der Waals surface area contributed by atoms with Crippen LogP contribution in [0.15, 0.2) is 83.9 Å². The molecule has 0 radical (unpaired) electrons. The lowest BCUT2D eigenvalue weighted by Gasteiger charge is -2.23. The largest absolute Gasteiger partial charge is 0.337 e. The van der Waals surface area contributed by atoms with Crippen LogP contribution in [0.3, 0.4) is 0 Å². The van der Waals surface area contributed by atoms with Crippen LogP contribution >= 0.6 is 11.6 Å². The van der Waals surface area contributed by atoms with Gasteiger partial charge in [0.25, 0.3) is 0 Å². The van der Waals surface area contributed by atoms with Crippen molar-refractivity contribution in [3.05, 3.63) is 95.1 Å². The minimum atomic E-state index is -3.64. The van der Waals surface area contributed by atoms with Gasteiger partial charge in [0.15, 0.2) is 9.84 Å². The van der Waals surface area contributed by atoms with Crippen molar-refractivity contribution in [3.63, 3.8) is 0 Å². The van der Waals surface area contributed by atoms with Gasteiger partial charge in [-0.3, -0.25) is 4.79 Å². The van der Waals surface area contributed by atoms with E-state index in [1.54, 1.807) is 41.1 Å². The van der Waals surface area contributed by atoms with Gasteiger partial charge in [-0.1, -0.05) is 60.1 Å². The highest BCUT2D eigenvalue weighted by Crippen LogP contribution is 2.33. The predicted octanol–water partition coefficient (Wildman–Crippen LogP) is 5.25. The van der Waals surface area contributed by atoms with E-state index in [1.165, 1.54) is 0 Å². The fourth-order valence-corrected chi connectivity index (χ4v) is 6.35. The van der Waals surface area contributed by atoms with Gasteiger partial charge < -0.3 is 9.47 Å². The first kappa shape index (κ1) is 21.7. The Labute approximate surface area is 198 Å². The number of carbonyl (C=O) groups excluding carboxylic acids is 1. The first-order valence-corrected chi connectivity index (χ1v) is 12.8. The van der Waals surface area contributed by atoms with Crippen molar-refractivity contribution in [2.75, 3.05) is 4.90 Å². The molecule has 0 saturated heterocycles. The number of para-hydroxylation sites is 2. The molecule has 1 aromatic heterocycles. The average molecular weight is 479 g/mol. The number of sulfone groups is 1. The number of amides is 1. The predicted molar refractivity (Wildman–Crippen MR) is 131 cm³/mol. The normalized spacial score (nSPS) is 15.7. The molecule has 1 unspecified atom stereocenters. The van der Waals surface area contributed by atoms with E-state index < -0.39 is 9.84 Å². The number of anilines is 1. The van der Waals surface area contributed by atoms with E-state index in [4.69, 9.17) is 11.6 Å². The molecule has 0 aliphatic carbocycles. The minimum absolute atomic E-state index is 0.0600. The zero-order valence-corrected chi connectivity index (χ0v) is 19.7. The molecule has 5 nitrogen and oxygen atoms in total. The van der Waals surface area contributed by atoms with Crippen LogP contribution in [0.2, 0.25) is 5.02 Å². The molecular weight excluding hydrogens is 456 g/mol. The number of nitrogens with zero attached hydrogens (tertiary/aromatic N) is 2. The van der Waals surface area contributed by atoms with Crippen molar-refractivity contribution in [1.82, 2.24) is 4.57 Å². The molecular formula is C26H23ClN2O3S. The second-order valence-electron chi connectivity index (χ2n) is 8.47. The van der Waals surface area contributed by atoms with Crippen LogP contribution in [0, 0.1) is 0 Å². The molecule has 2 heterocycles. The number of fused-ring (bicyclic) bond motifs is 2. The summed E-state index contributed by atoms with van der Waals surface area (Å²) in [5.74, 6) is -0.197. The first-order chi connectivity index (χ1) is 15.8. The molecule has 1 aliphatic heterocycles. The molecule has 1 amide bonds. The summed E-state index contributed by atoms with van der Waals surface area (Å²) in [6, 6.07) is 22.1. The fraction of sp³-hybridized carbons (Fsp3) is 0.192. The highest BCUT2D eigenvalue weighted by molar-refractivity contribution is 7.90. The molecule has 0 spiro atoms. The molecule has 0 saturated carbocycles. The van der Waals surface area contributed by atoms with Crippen molar-refractivity contribution < 1.29 is 13.2 Å². The molecule has 0 N–H and O–H groups in total. The second-order valence-corrected chi connectivity index (χ2v) is 10.9. The summed E-state index contributed by atoms with van der Waals surface area (Å²) in [7, 11) is -3.64. The minimum Gasteiger partial charge on any atom is -0.337 e.